The van der Waals surface area contributed by atoms with Crippen LogP contribution in [0.1, 0.15) is 29.2 Å². The van der Waals surface area contributed by atoms with Crippen molar-refractivity contribution < 1.29 is 18.3 Å². The highest BCUT2D eigenvalue weighted by Crippen LogP contribution is 2.27. The summed E-state index contributed by atoms with van der Waals surface area (Å²) in [7, 11) is -3.89. The minimum atomic E-state index is -3.89. The third-order valence-corrected chi connectivity index (χ3v) is 6.98. The van der Waals surface area contributed by atoms with E-state index < -0.39 is 21.7 Å². The van der Waals surface area contributed by atoms with Gasteiger partial charge in [0.15, 0.2) is 9.90 Å². The Kier molecular flexibility index (Phi) is 4.77. The fraction of sp³-hybridized carbons (Fsp3) is 0.333. The van der Waals surface area contributed by atoms with Gasteiger partial charge in [-0.15, -0.1) is 22.7 Å². The van der Waals surface area contributed by atoms with Crippen molar-refractivity contribution in [1.82, 2.24) is 9.29 Å². The maximum absolute atomic E-state index is 12.7. The zero-order valence-corrected chi connectivity index (χ0v) is 13.8. The molecule has 1 N–H and O–H groups in total. The van der Waals surface area contributed by atoms with Gasteiger partial charge >= 0.3 is 5.97 Å². The van der Waals surface area contributed by atoms with Crippen LogP contribution in [0.5, 0.6) is 0 Å². The molecule has 0 spiro atoms. The first-order chi connectivity index (χ1) is 9.84. The van der Waals surface area contributed by atoms with Crippen LogP contribution in [0.4, 0.5) is 0 Å². The summed E-state index contributed by atoms with van der Waals surface area (Å²) >= 11 is 2.28. The molecule has 0 saturated carbocycles. The van der Waals surface area contributed by atoms with Crippen molar-refractivity contribution in [3.8, 4) is 0 Å². The third-order valence-electron chi connectivity index (χ3n) is 2.75. The van der Waals surface area contributed by atoms with Crippen LogP contribution in [0.3, 0.4) is 0 Å². The quantitative estimate of drug-likeness (QED) is 0.868. The number of sulfonamides is 1. The third kappa shape index (κ3) is 3.31. The van der Waals surface area contributed by atoms with Gasteiger partial charge in [0.2, 0.25) is 0 Å². The minimum Gasteiger partial charge on any atom is -0.476 e. The Morgan fingerprint density at radius 1 is 1.43 bits per heavy atom. The Bertz CT molecular complexity index is 720. The van der Waals surface area contributed by atoms with Gasteiger partial charge in [0.25, 0.3) is 10.0 Å². The van der Waals surface area contributed by atoms with E-state index in [1.165, 1.54) is 21.2 Å². The highest BCUT2D eigenvalue weighted by molar-refractivity contribution is 7.91. The van der Waals surface area contributed by atoms with E-state index in [1.807, 2.05) is 17.5 Å². The second-order valence-electron chi connectivity index (χ2n) is 4.52. The van der Waals surface area contributed by atoms with Crippen LogP contribution in [0, 0.1) is 0 Å². The lowest BCUT2D eigenvalue weighted by Gasteiger charge is -2.24. The normalized spacial score (nSPS) is 12.2. The molecule has 0 fully saturated rings. The summed E-state index contributed by atoms with van der Waals surface area (Å²) in [5.74, 6) is -1.34. The molecule has 9 heteroatoms. The molecule has 0 aliphatic heterocycles. The van der Waals surface area contributed by atoms with E-state index >= 15 is 0 Å². The average molecular weight is 346 g/mol. The summed E-state index contributed by atoms with van der Waals surface area (Å²) in [5.41, 5.74) is 0.816. The first-order valence-corrected chi connectivity index (χ1v) is 9.25. The molecular formula is C12H14N2O4S3. The first kappa shape index (κ1) is 16.1. The SMILES string of the molecule is CC(C)N(Cc1cccs1)S(=O)(=O)c1scnc1C(=O)O. The molecule has 21 heavy (non-hydrogen) atoms. The molecule has 0 saturated heterocycles. The van der Waals surface area contributed by atoms with Gasteiger partial charge in [-0.05, 0) is 25.3 Å². The van der Waals surface area contributed by atoms with Crippen molar-refractivity contribution in [2.24, 2.45) is 0 Å². The van der Waals surface area contributed by atoms with E-state index in [0.29, 0.717) is 0 Å². The number of rotatable bonds is 6. The fourth-order valence-corrected chi connectivity index (χ4v) is 5.42. The summed E-state index contributed by atoms with van der Waals surface area (Å²) in [5, 5.41) is 10.9. The maximum atomic E-state index is 12.7. The lowest BCUT2D eigenvalue weighted by atomic mass is 10.4. The predicted octanol–water partition coefficient (Wildman–Crippen LogP) is 2.50. The summed E-state index contributed by atoms with van der Waals surface area (Å²) in [6.07, 6.45) is 0. The molecule has 0 aliphatic rings. The summed E-state index contributed by atoms with van der Waals surface area (Å²) in [4.78, 5) is 15.6. The molecule has 0 aliphatic carbocycles. The van der Waals surface area contributed by atoms with Crippen molar-refractivity contribution in [2.75, 3.05) is 0 Å². The highest BCUT2D eigenvalue weighted by Gasteiger charge is 2.33. The number of hydrogen-bond acceptors (Lipinski definition) is 6. The molecule has 2 rings (SSSR count). The van der Waals surface area contributed by atoms with Crippen molar-refractivity contribution >= 4 is 38.7 Å². The number of carboxylic acid groups (broad SMARTS) is 1. The van der Waals surface area contributed by atoms with Gasteiger partial charge in [-0.3, -0.25) is 0 Å². The largest absolute Gasteiger partial charge is 0.476 e. The van der Waals surface area contributed by atoms with Gasteiger partial charge in [-0.1, -0.05) is 6.07 Å². The number of aromatic carboxylic acids is 1. The zero-order chi connectivity index (χ0) is 15.6. The second kappa shape index (κ2) is 6.22. The summed E-state index contributed by atoms with van der Waals surface area (Å²) in [6.45, 7) is 3.73. The van der Waals surface area contributed by atoms with Gasteiger partial charge in [-0.25, -0.2) is 18.2 Å². The van der Waals surface area contributed by atoms with Crippen LogP contribution >= 0.6 is 22.7 Å². The first-order valence-electron chi connectivity index (χ1n) is 6.05. The van der Waals surface area contributed by atoms with Crippen molar-refractivity contribution in [3.05, 3.63) is 33.6 Å². The van der Waals surface area contributed by atoms with Gasteiger partial charge < -0.3 is 5.11 Å². The van der Waals surface area contributed by atoms with E-state index in [9.17, 15) is 13.2 Å². The van der Waals surface area contributed by atoms with Crippen LogP contribution in [0.15, 0.2) is 27.2 Å². The van der Waals surface area contributed by atoms with E-state index in [-0.39, 0.29) is 16.8 Å². The van der Waals surface area contributed by atoms with Gasteiger partial charge in [0, 0.05) is 17.5 Å². The molecule has 0 aromatic carbocycles. The zero-order valence-electron chi connectivity index (χ0n) is 11.4. The molecule has 0 atom stereocenters. The van der Waals surface area contributed by atoms with Gasteiger partial charge in [0.1, 0.15) is 0 Å². The smallest absolute Gasteiger partial charge is 0.356 e. The monoisotopic (exact) mass is 346 g/mol. The molecule has 0 radical (unpaired) electrons. The van der Waals surface area contributed by atoms with E-state index in [1.54, 1.807) is 13.8 Å². The van der Waals surface area contributed by atoms with Gasteiger partial charge in [-0.2, -0.15) is 4.31 Å². The Labute approximate surface area is 130 Å². The second-order valence-corrected chi connectivity index (χ2v) is 8.49. The van der Waals surface area contributed by atoms with Crippen LogP contribution in [0.25, 0.3) is 0 Å². The lowest BCUT2D eigenvalue weighted by molar-refractivity contribution is 0.0687. The molecule has 114 valence electrons. The number of aromatic nitrogens is 1. The average Bonchev–Trinajstić information content (AvgIpc) is 3.06. The van der Waals surface area contributed by atoms with Crippen LogP contribution in [-0.4, -0.2) is 34.8 Å². The van der Waals surface area contributed by atoms with Crippen molar-refractivity contribution in [1.29, 1.82) is 0 Å². The van der Waals surface area contributed by atoms with Crippen LogP contribution in [-0.2, 0) is 16.6 Å². The standard InChI is InChI=1S/C12H14N2O4S3/c1-8(2)14(6-9-4-3-5-19-9)21(17,18)12-10(11(15)16)13-7-20-12/h3-5,7-8H,6H2,1-2H3,(H,15,16). The molecule has 2 aromatic rings. The Hall–Kier alpha value is -1.29. The molecule has 6 nitrogen and oxygen atoms in total. The number of nitrogens with zero attached hydrogens (tertiary/aromatic N) is 2. The molecule has 2 aromatic heterocycles. The van der Waals surface area contributed by atoms with Gasteiger partial charge in [0.05, 0.1) is 5.51 Å². The minimum absolute atomic E-state index is 0.217. The van der Waals surface area contributed by atoms with E-state index in [2.05, 4.69) is 4.98 Å². The molecule has 0 bridgehead atoms. The summed E-state index contributed by atoms with van der Waals surface area (Å²) in [6, 6.07) is 3.40. The van der Waals surface area contributed by atoms with E-state index in [4.69, 9.17) is 5.11 Å². The van der Waals surface area contributed by atoms with Crippen molar-refractivity contribution in [2.45, 2.75) is 30.6 Å². The Morgan fingerprint density at radius 3 is 2.67 bits per heavy atom. The summed E-state index contributed by atoms with van der Waals surface area (Å²) < 4.78 is 26.5. The number of thiophene rings is 1. The maximum Gasteiger partial charge on any atom is 0.356 e. The molecule has 0 amide bonds. The number of thiazole rings is 1. The van der Waals surface area contributed by atoms with Crippen molar-refractivity contribution in [3.63, 3.8) is 0 Å². The lowest BCUT2D eigenvalue weighted by Crippen LogP contribution is -2.36. The molecule has 0 unspecified atom stereocenters. The van der Waals surface area contributed by atoms with Crippen LogP contribution in [0.2, 0.25) is 0 Å². The highest BCUT2D eigenvalue weighted by atomic mass is 32.2. The fourth-order valence-electron chi connectivity index (χ4n) is 1.77. The Morgan fingerprint density at radius 2 is 2.14 bits per heavy atom. The number of hydrogen-bond donors (Lipinski definition) is 1. The predicted molar refractivity (Wildman–Crippen MR) is 81.3 cm³/mol. The van der Waals surface area contributed by atoms with Crippen LogP contribution < -0.4 is 0 Å². The Balaban J connectivity index is 2.43. The number of carboxylic acids is 1. The number of carbonyl (C=O) groups is 1. The molecule has 2 heterocycles. The van der Waals surface area contributed by atoms with E-state index in [0.717, 1.165) is 16.2 Å². The topological polar surface area (TPSA) is 87.6 Å². The molecular weight excluding hydrogens is 332 g/mol.